The number of thioether (sulfide) groups is 1. The van der Waals surface area contributed by atoms with Crippen molar-refractivity contribution in [2.75, 3.05) is 19.3 Å². The van der Waals surface area contributed by atoms with E-state index in [0.29, 0.717) is 11.6 Å². The van der Waals surface area contributed by atoms with E-state index in [1.54, 1.807) is 18.0 Å². The van der Waals surface area contributed by atoms with E-state index in [1.807, 2.05) is 41.2 Å². The highest BCUT2D eigenvalue weighted by atomic mass is 32.2. The summed E-state index contributed by atoms with van der Waals surface area (Å²) >= 11 is 1.57. The first-order chi connectivity index (χ1) is 12.3. The summed E-state index contributed by atoms with van der Waals surface area (Å²) in [6.07, 6.45) is 10.2. The summed E-state index contributed by atoms with van der Waals surface area (Å²) in [5.41, 5.74) is 1.69. The predicted molar refractivity (Wildman–Crippen MR) is 101 cm³/mol. The SMILES string of the molecule is CSc1ncc(C(=O)N2CC[C@@H]3CCCC[C@@H]3C2)n1-c1ccccc1. The minimum absolute atomic E-state index is 0.126. The van der Waals surface area contributed by atoms with Gasteiger partial charge in [0.25, 0.3) is 5.91 Å². The first-order valence-corrected chi connectivity index (χ1v) is 10.5. The molecule has 0 bridgehead atoms. The summed E-state index contributed by atoms with van der Waals surface area (Å²) < 4.78 is 2.00. The Labute approximate surface area is 153 Å². The fourth-order valence-corrected chi connectivity index (χ4v) is 4.95. The quantitative estimate of drug-likeness (QED) is 0.773. The smallest absolute Gasteiger partial charge is 0.272 e. The first-order valence-electron chi connectivity index (χ1n) is 9.24. The summed E-state index contributed by atoms with van der Waals surface area (Å²) in [7, 11) is 0. The van der Waals surface area contributed by atoms with Gasteiger partial charge in [-0.3, -0.25) is 9.36 Å². The Bertz CT molecular complexity index is 743. The molecule has 1 saturated heterocycles. The van der Waals surface area contributed by atoms with Gasteiger partial charge in [0.1, 0.15) is 5.69 Å². The van der Waals surface area contributed by atoms with Gasteiger partial charge in [0.05, 0.1) is 6.20 Å². The lowest BCUT2D eigenvalue weighted by molar-refractivity contribution is 0.0513. The highest BCUT2D eigenvalue weighted by molar-refractivity contribution is 7.98. The third-order valence-electron chi connectivity index (χ3n) is 5.72. The maximum atomic E-state index is 13.3. The Balaban J connectivity index is 1.61. The van der Waals surface area contributed by atoms with E-state index in [0.717, 1.165) is 36.3 Å². The number of carbonyl (C=O) groups excluding carboxylic acids is 1. The van der Waals surface area contributed by atoms with E-state index in [9.17, 15) is 4.79 Å². The molecule has 2 atom stereocenters. The molecular weight excluding hydrogens is 330 g/mol. The van der Waals surface area contributed by atoms with Crippen molar-refractivity contribution in [3.63, 3.8) is 0 Å². The average Bonchev–Trinajstić information content (AvgIpc) is 3.11. The third-order valence-corrected chi connectivity index (χ3v) is 6.38. The number of fused-ring (bicyclic) bond motifs is 1. The number of aromatic nitrogens is 2. The van der Waals surface area contributed by atoms with Crippen LogP contribution in [0, 0.1) is 11.8 Å². The molecule has 1 aliphatic carbocycles. The van der Waals surface area contributed by atoms with Gasteiger partial charge < -0.3 is 4.90 Å². The molecule has 4 nitrogen and oxygen atoms in total. The van der Waals surface area contributed by atoms with Crippen LogP contribution in [0.1, 0.15) is 42.6 Å². The number of hydrogen-bond donors (Lipinski definition) is 0. The van der Waals surface area contributed by atoms with E-state index < -0.39 is 0 Å². The van der Waals surface area contributed by atoms with Gasteiger partial charge in [-0.1, -0.05) is 49.2 Å². The lowest BCUT2D eigenvalue weighted by Crippen LogP contribution is -2.45. The van der Waals surface area contributed by atoms with E-state index in [2.05, 4.69) is 9.88 Å². The van der Waals surface area contributed by atoms with E-state index in [-0.39, 0.29) is 5.91 Å². The highest BCUT2D eigenvalue weighted by Gasteiger charge is 2.34. The number of hydrogen-bond acceptors (Lipinski definition) is 3. The molecule has 1 aromatic heterocycles. The van der Waals surface area contributed by atoms with Crippen molar-refractivity contribution < 1.29 is 4.79 Å². The van der Waals surface area contributed by atoms with Gasteiger partial charge in [-0.2, -0.15) is 0 Å². The van der Waals surface area contributed by atoms with Crippen molar-refractivity contribution in [1.82, 2.24) is 14.5 Å². The number of likely N-dealkylation sites (tertiary alicyclic amines) is 1. The van der Waals surface area contributed by atoms with Crippen LogP contribution in [0.5, 0.6) is 0 Å². The van der Waals surface area contributed by atoms with E-state index >= 15 is 0 Å². The molecule has 0 N–H and O–H groups in total. The number of benzene rings is 1. The van der Waals surface area contributed by atoms with E-state index in [4.69, 9.17) is 0 Å². The molecule has 5 heteroatoms. The molecule has 0 spiro atoms. The summed E-state index contributed by atoms with van der Waals surface area (Å²) in [5, 5.41) is 0.863. The molecule has 0 unspecified atom stereocenters. The second kappa shape index (κ2) is 7.24. The second-order valence-electron chi connectivity index (χ2n) is 7.15. The molecule has 1 aliphatic heterocycles. The van der Waals surface area contributed by atoms with Crippen molar-refractivity contribution >= 4 is 17.7 Å². The fourth-order valence-electron chi connectivity index (χ4n) is 4.40. The van der Waals surface area contributed by atoms with Crippen LogP contribution < -0.4 is 0 Å². The predicted octanol–water partition coefficient (Wildman–Crippen LogP) is 4.25. The van der Waals surface area contributed by atoms with Crippen LogP contribution in [0.3, 0.4) is 0 Å². The van der Waals surface area contributed by atoms with Gasteiger partial charge in [-0.15, -0.1) is 0 Å². The molecule has 2 fully saturated rings. The third kappa shape index (κ3) is 3.22. The minimum Gasteiger partial charge on any atom is -0.337 e. The fraction of sp³-hybridized carbons (Fsp3) is 0.500. The molecule has 1 saturated carbocycles. The number of piperidine rings is 1. The average molecular weight is 356 g/mol. The molecule has 1 aromatic carbocycles. The zero-order valence-corrected chi connectivity index (χ0v) is 15.5. The molecular formula is C20H25N3OS. The van der Waals surface area contributed by atoms with Crippen LogP contribution in [0.15, 0.2) is 41.7 Å². The molecule has 2 heterocycles. The van der Waals surface area contributed by atoms with Crippen molar-refractivity contribution in [2.45, 2.75) is 37.3 Å². The molecule has 2 aliphatic rings. The molecule has 1 amide bonds. The van der Waals surface area contributed by atoms with Crippen molar-refractivity contribution in [3.8, 4) is 5.69 Å². The summed E-state index contributed by atoms with van der Waals surface area (Å²) in [6, 6.07) is 10.1. The maximum absolute atomic E-state index is 13.3. The van der Waals surface area contributed by atoms with Gasteiger partial charge in [-0.25, -0.2) is 4.98 Å². The molecule has 2 aromatic rings. The number of rotatable bonds is 3. The topological polar surface area (TPSA) is 38.1 Å². The second-order valence-corrected chi connectivity index (χ2v) is 7.92. The van der Waals surface area contributed by atoms with Gasteiger partial charge in [0, 0.05) is 18.8 Å². The standard InChI is InChI=1S/C20H25N3OS/c1-25-20-21-13-18(23(20)17-9-3-2-4-10-17)19(24)22-12-11-15-7-5-6-8-16(15)14-22/h2-4,9-10,13,15-16H,5-8,11-12,14H2,1H3/t15-,16+/m0/s1. The zero-order chi connectivity index (χ0) is 17.2. The van der Waals surface area contributed by atoms with Gasteiger partial charge in [0.15, 0.2) is 5.16 Å². The summed E-state index contributed by atoms with van der Waals surface area (Å²) in [5.74, 6) is 1.65. The van der Waals surface area contributed by atoms with Crippen LogP contribution in [-0.2, 0) is 0 Å². The van der Waals surface area contributed by atoms with Crippen LogP contribution in [0.4, 0.5) is 0 Å². The van der Waals surface area contributed by atoms with E-state index in [1.165, 1.54) is 25.7 Å². The Morgan fingerprint density at radius 2 is 1.88 bits per heavy atom. The number of carbonyl (C=O) groups is 1. The Morgan fingerprint density at radius 1 is 1.12 bits per heavy atom. The first kappa shape index (κ1) is 16.7. The van der Waals surface area contributed by atoms with Gasteiger partial charge in [-0.05, 0) is 43.1 Å². The van der Waals surface area contributed by atoms with Crippen LogP contribution >= 0.6 is 11.8 Å². The number of amides is 1. The monoisotopic (exact) mass is 355 g/mol. The lowest BCUT2D eigenvalue weighted by Gasteiger charge is -2.41. The minimum atomic E-state index is 0.126. The number of nitrogens with zero attached hydrogens (tertiary/aromatic N) is 3. The van der Waals surface area contributed by atoms with Gasteiger partial charge >= 0.3 is 0 Å². The molecule has 132 valence electrons. The highest BCUT2D eigenvalue weighted by Crippen LogP contribution is 2.36. The number of imidazole rings is 1. The zero-order valence-electron chi connectivity index (χ0n) is 14.7. The molecule has 4 rings (SSSR count). The maximum Gasteiger partial charge on any atom is 0.272 e. The van der Waals surface area contributed by atoms with Crippen LogP contribution in [-0.4, -0.2) is 39.7 Å². The van der Waals surface area contributed by atoms with Crippen molar-refractivity contribution in [3.05, 3.63) is 42.2 Å². The van der Waals surface area contributed by atoms with Crippen molar-refractivity contribution in [2.24, 2.45) is 11.8 Å². The Kier molecular flexibility index (Phi) is 4.84. The Morgan fingerprint density at radius 3 is 2.64 bits per heavy atom. The van der Waals surface area contributed by atoms with Crippen molar-refractivity contribution in [1.29, 1.82) is 0 Å². The van der Waals surface area contributed by atoms with Gasteiger partial charge in [0.2, 0.25) is 0 Å². The summed E-state index contributed by atoms with van der Waals surface area (Å²) in [6.45, 7) is 1.80. The number of para-hydroxylation sites is 1. The lowest BCUT2D eigenvalue weighted by atomic mass is 9.75. The van der Waals surface area contributed by atoms with Crippen LogP contribution in [0.25, 0.3) is 5.69 Å². The summed E-state index contributed by atoms with van der Waals surface area (Å²) in [4.78, 5) is 19.8. The largest absolute Gasteiger partial charge is 0.337 e. The molecule has 0 radical (unpaired) electrons. The molecule has 25 heavy (non-hydrogen) atoms. The Hall–Kier alpha value is -1.75. The van der Waals surface area contributed by atoms with Crippen LogP contribution in [0.2, 0.25) is 0 Å². The normalized spacial score (nSPS) is 23.3.